The molecule has 2 radical (unpaired) electrons. The molecule has 0 aliphatic carbocycles. The van der Waals surface area contributed by atoms with Gasteiger partial charge in [0, 0.05) is 53.6 Å². The van der Waals surface area contributed by atoms with Crippen LogP contribution in [-0.4, -0.2) is 64.9 Å². The molecule has 3 atom stereocenters. The molecule has 6 nitrogen and oxygen atoms in total. The number of pyridine rings is 2. The van der Waals surface area contributed by atoms with Gasteiger partial charge in [-0.3, -0.25) is 9.88 Å². The van der Waals surface area contributed by atoms with Crippen molar-refractivity contribution in [3.63, 3.8) is 0 Å². The molecule has 0 saturated carbocycles. The molecule has 178 valence electrons. The molecule has 0 aromatic carbocycles. The van der Waals surface area contributed by atoms with Crippen molar-refractivity contribution in [2.24, 2.45) is 4.99 Å². The predicted molar refractivity (Wildman–Crippen MR) is 147 cm³/mol. The first-order valence-electron chi connectivity index (χ1n) is 12.0. The number of rotatable bonds is 3. The van der Waals surface area contributed by atoms with E-state index in [4.69, 9.17) is 22.8 Å². The van der Waals surface area contributed by atoms with Gasteiger partial charge in [-0.1, -0.05) is 31.6 Å². The maximum atomic E-state index is 6.40. The summed E-state index contributed by atoms with van der Waals surface area (Å²) in [6, 6.07) is 4.59. The van der Waals surface area contributed by atoms with E-state index in [1.54, 1.807) is 11.8 Å². The summed E-state index contributed by atoms with van der Waals surface area (Å²) in [6.07, 6.45) is 8.01. The molecule has 1 fully saturated rings. The highest BCUT2D eigenvalue weighted by Crippen LogP contribution is 2.47. The molecule has 0 N–H and O–H groups in total. The first kappa shape index (κ1) is 23.7. The van der Waals surface area contributed by atoms with Gasteiger partial charge in [-0.25, -0.2) is 9.98 Å². The minimum Gasteiger partial charge on any atom is -0.365 e. The van der Waals surface area contributed by atoms with Crippen LogP contribution >= 0.6 is 11.8 Å². The number of thioether (sulfide) groups is 1. The largest absolute Gasteiger partial charge is 0.365 e. The zero-order valence-corrected chi connectivity index (χ0v) is 21.9. The van der Waals surface area contributed by atoms with Crippen LogP contribution in [0.2, 0.25) is 0 Å². The molecule has 35 heavy (non-hydrogen) atoms. The Morgan fingerprint density at radius 3 is 2.71 bits per heavy atom. The molecule has 3 aliphatic heterocycles. The quantitative estimate of drug-likeness (QED) is 0.370. The first-order valence-corrected chi connectivity index (χ1v) is 13.2. The van der Waals surface area contributed by atoms with Gasteiger partial charge in [-0.2, -0.15) is 0 Å². The van der Waals surface area contributed by atoms with Crippen molar-refractivity contribution >= 4 is 42.4 Å². The van der Waals surface area contributed by atoms with Gasteiger partial charge in [0.1, 0.15) is 25.3 Å². The number of fused-ring (bicyclic) bond motifs is 5. The number of hydrogen-bond donors (Lipinski definition) is 0. The first-order chi connectivity index (χ1) is 16.7. The lowest BCUT2D eigenvalue weighted by atomic mass is 9.91. The minimum atomic E-state index is 0.147. The summed E-state index contributed by atoms with van der Waals surface area (Å²) in [7, 11) is 6.40. The lowest BCUT2D eigenvalue weighted by Gasteiger charge is -2.48. The van der Waals surface area contributed by atoms with E-state index in [-0.39, 0.29) is 18.0 Å². The van der Waals surface area contributed by atoms with Gasteiger partial charge in [0.15, 0.2) is 0 Å². The molecule has 0 spiro atoms. The molecule has 0 bridgehead atoms. The Hall–Kier alpha value is -3.00. The maximum Gasteiger partial charge on any atom is 0.150 e. The van der Waals surface area contributed by atoms with Crippen LogP contribution in [0.1, 0.15) is 43.6 Å². The average Bonchev–Trinajstić information content (AvgIpc) is 2.84. The molecular weight excluding hydrogens is 451 g/mol. The molecule has 2 aromatic rings. The highest BCUT2D eigenvalue weighted by atomic mass is 32.2. The fourth-order valence-corrected chi connectivity index (χ4v) is 5.82. The smallest absolute Gasteiger partial charge is 0.150 e. The number of piperazine rings is 1. The Kier molecular flexibility index (Phi) is 6.03. The number of nitrogens with zero attached hydrogens (tertiary/aromatic N) is 6. The van der Waals surface area contributed by atoms with Crippen molar-refractivity contribution in [3.05, 3.63) is 72.1 Å². The van der Waals surface area contributed by atoms with E-state index in [0.717, 1.165) is 63.8 Å². The molecule has 8 heteroatoms. The normalized spacial score (nSPS) is 23.1. The van der Waals surface area contributed by atoms with Crippen molar-refractivity contribution in [3.8, 4) is 0 Å². The second-order valence-electron chi connectivity index (χ2n) is 9.56. The summed E-state index contributed by atoms with van der Waals surface area (Å²) in [5.41, 5.74) is 5.51. The van der Waals surface area contributed by atoms with Gasteiger partial charge in [0.05, 0.1) is 16.9 Å². The van der Waals surface area contributed by atoms with Crippen LogP contribution in [-0.2, 0) is 0 Å². The highest BCUT2D eigenvalue weighted by Gasteiger charge is 2.39. The van der Waals surface area contributed by atoms with E-state index < -0.39 is 0 Å². The number of aromatic nitrogens is 2. The van der Waals surface area contributed by atoms with Crippen LogP contribution < -0.4 is 10.4 Å². The third-order valence-electron chi connectivity index (χ3n) is 7.19. The SMILES string of the molecule is [B]c1cc2c(nc1C)N1C(=CC(C)c3nccc(SC)c31)N=C2N1C[C@@H](C)N(C(=C)C=C)CC1C. The van der Waals surface area contributed by atoms with Gasteiger partial charge in [-0.05, 0) is 45.2 Å². The van der Waals surface area contributed by atoms with Gasteiger partial charge in [-0.15, -0.1) is 11.8 Å². The molecule has 5 heterocycles. The third kappa shape index (κ3) is 3.79. The van der Waals surface area contributed by atoms with Crippen LogP contribution in [0.15, 0.2) is 65.0 Å². The summed E-state index contributed by atoms with van der Waals surface area (Å²) in [5, 5.41) is 0. The fourth-order valence-electron chi connectivity index (χ4n) is 5.24. The molecule has 3 aliphatic rings. The van der Waals surface area contributed by atoms with Crippen LogP contribution in [0.3, 0.4) is 0 Å². The summed E-state index contributed by atoms with van der Waals surface area (Å²) in [6.45, 7) is 18.4. The van der Waals surface area contributed by atoms with Crippen molar-refractivity contribution < 1.29 is 0 Å². The monoisotopic (exact) mass is 482 g/mol. The minimum absolute atomic E-state index is 0.147. The van der Waals surface area contributed by atoms with Crippen LogP contribution in [0.4, 0.5) is 11.5 Å². The standard InChI is InChI=1S/C27H31BN6S/c1-8-16(3)32-13-18(5)33(14-17(32)4)26-20-12-21(28)19(6)30-27(20)34-23(31-26)11-15(2)24-25(34)22(35-7)9-10-29-24/h8-12,15,17-18H,1,3,13-14H2,2,4-7H3/t15?,17-,18?/m1/s1. The Balaban J connectivity index is 1.67. The van der Waals surface area contributed by atoms with Crippen LogP contribution in [0.5, 0.6) is 0 Å². The number of amidine groups is 1. The molecular formula is C27H31BN6S. The third-order valence-corrected chi connectivity index (χ3v) is 7.96. The molecule has 5 rings (SSSR count). The van der Waals surface area contributed by atoms with Gasteiger partial charge in [0.2, 0.25) is 0 Å². The summed E-state index contributed by atoms with van der Waals surface area (Å²) in [5.74, 6) is 2.83. The summed E-state index contributed by atoms with van der Waals surface area (Å²) in [4.78, 5) is 23.1. The number of aliphatic imine (C=N–C) groups is 1. The van der Waals surface area contributed by atoms with Gasteiger partial charge in [0.25, 0.3) is 0 Å². The second-order valence-corrected chi connectivity index (χ2v) is 10.4. The van der Waals surface area contributed by atoms with Crippen molar-refractivity contribution in [1.82, 2.24) is 19.8 Å². The number of allylic oxidation sites excluding steroid dienone is 2. The van der Waals surface area contributed by atoms with Crippen molar-refractivity contribution in [2.45, 2.75) is 50.6 Å². The Morgan fingerprint density at radius 2 is 2.00 bits per heavy atom. The molecule has 2 unspecified atom stereocenters. The van der Waals surface area contributed by atoms with E-state index in [1.807, 2.05) is 25.3 Å². The molecule has 0 amide bonds. The predicted octanol–water partition coefficient (Wildman–Crippen LogP) is 4.25. The van der Waals surface area contributed by atoms with Crippen molar-refractivity contribution in [2.75, 3.05) is 24.2 Å². The topological polar surface area (TPSA) is 47.9 Å². The lowest BCUT2D eigenvalue weighted by molar-refractivity contribution is 0.120. The number of hydrogen-bond acceptors (Lipinski definition) is 7. The lowest BCUT2D eigenvalue weighted by Crippen LogP contribution is -2.58. The number of anilines is 2. The van der Waals surface area contributed by atoms with E-state index in [0.29, 0.717) is 5.46 Å². The van der Waals surface area contributed by atoms with E-state index in [9.17, 15) is 0 Å². The van der Waals surface area contributed by atoms with E-state index in [1.165, 1.54) is 0 Å². The summed E-state index contributed by atoms with van der Waals surface area (Å²) < 4.78 is 0. The maximum absolute atomic E-state index is 6.40. The Bertz CT molecular complexity index is 1280. The fraction of sp³-hybridized carbons (Fsp3) is 0.370. The van der Waals surface area contributed by atoms with Gasteiger partial charge >= 0.3 is 0 Å². The van der Waals surface area contributed by atoms with Crippen LogP contribution in [0.25, 0.3) is 0 Å². The Labute approximate surface area is 213 Å². The second kappa shape index (κ2) is 8.90. The molecule has 1 saturated heterocycles. The van der Waals surface area contributed by atoms with E-state index in [2.05, 4.69) is 67.0 Å². The van der Waals surface area contributed by atoms with Gasteiger partial charge < -0.3 is 9.80 Å². The zero-order chi connectivity index (χ0) is 25.0. The summed E-state index contributed by atoms with van der Waals surface area (Å²) >= 11 is 1.72. The molecule has 2 aromatic heterocycles. The Morgan fingerprint density at radius 1 is 1.23 bits per heavy atom. The number of aryl methyl sites for hydroxylation is 1. The average molecular weight is 482 g/mol. The zero-order valence-electron chi connectivity index (χ0n) is 21.1. The van der Waals surface area contributed by atoms with Crippen LogP contribution in [0, 0.1) is 6.92 Å². The van der Waals surface area contributed by atoms with Crippen molar-refractivity contribution in [1.29, 1.82) is 0 Å². The highest BCUT2D eigenvalue weighted by molar-refractivity contribution is 7.98. The van der Waals surface area contributed by atoms with E-state index >= 15 is 0 Å².